The summed E-state index contributed by atoms with van der Waals surface area (Å²) in [6, 6.07) is 8.96. The molecule has 0 saturated carbocycles. The molecule has 0 radical (unpaired) electrons. The van der Waals surface area contributed by atoms with Gasteiger partial charge >= 0.3 is 0 Å². The standard InChI is InChI=1S/C14H23NO/c1-5-16-14-8-6-7-13(10-14)11(2)9-12(3)15-4/h6-8,10-12,15H,5,9H2,1-4H3. The van der Waals surface area contributed by atoms with Gasteiger partial charge < -0.3 is 10.1 Å². The summed E-state index contributed by atoms with van der Waals surface area (Å²) in [6.45, 7) is 7.21. The maximum atomic E-state index is 5.51. The van der Waals surface area contributed by atoms with E-state index >= 15 is 0 Å². The summed E-state index contributed by atoms with van der Waals surface area (Å²) < 4.78 is 5.51. The highest BCUT2D eigenvalue weighted by molar-refractivity contribution is 5.30. The molecule has 0 amide bonds. The van der Waals surface area contributed by atoms with Gasteiger partial charge in [-0.25, -0.2) is 0 Å². The summed E-state index contributed by atoms with van der Waals surface area (Å²) in [7, 11) is 2.01. The van der Waals surface area contributed by atoms with Crippen LogP contribution in [0.15, 0.2) is 24.3 Å². The van der Waals surface area contributed by atoms with Crippen LogP contribution in [0.2, 0.25) is 0 Å². The number of ether oxygens (including phenoxy) is 1. The molecule has 0 aliphatic rings. The van der Waals surface area contributed by atoms with E-state index in [0.29, 0.717) is 12.0 Å². The fourth-order valence-electron chi connectivity index (χ4n) is 1.86. The van der Waals surface area contributed by atoms with Crippen LogP contribution in [0.4, 0.5) is 0 Å². The minimum atomic E-state index is 0.547. The fraction of sp³-hybridized carbons (Fsp3) is 0.571. The lowest BCUT2D eigenvalue weighted by molar-refractivity contribution is 0.339. The molecule has 2 heteroatoms. The highest BCUT2D eigenvalue weighted by Crippen LogP contribution is 2.24. The van der Waals surface area contributed by atoms with E-state index in [1.165, 1.54) is 5.56 Å². The van der Waals surface area contributed by atoms with Crippen LogP contribution in [-0.2, 0) is 0 Å². The molecule has 0 aromatic heterocycles. The van der Waals surface area contributed by atoms with E-state index in [9.17, 15) is 0 Å². The normalized spacial score (nSPS) is 14.5. The molecule has 1 N–H and O–H groups in total. The molecule has 1 aromatic carbocycles. The van der Waals surface area contributed by atoms with E-state index in [-0.39, 0.29) is 0 Å². The van der Waals surface area contributed by atoms with Gasteiger partial charge in [0.15, 0.2) is 0 Å². The SMILES string of the molecule is CCOc1cccc(C(C)CC(C)NC)c1. The Morgan fingerprint density at radius 1 is 1.31 bits per heavy atom. The van der Waals surface area contributed by atoms with Crippen molar-refractivity contribution in [2.45, 2.75) is 39.2 Å². The molecule has 2 atom stereocenters. The number of rotatable bonds is 6. The lowest BCUT2D eigenvalue weighted by Crippen LogP contribution is -2.22. The van der Waals surface area contributed by atoms with E-state index in [1.54, 1.807) is 0 Å². The van der Waals surface area contributed by atoms with E-state index in [0.717, 1.165) is 18.8 Å². The van der Waals surface area contributed by atoms with Crippen LogP contribution in [0.3, 0.4) is 0 Å². The van der Waals surface area contributed by atoms with Gasteiger partial charge in [0.05, 0.1) is 6.61 Å². The number of hydrogen-bond donors (Lipinski definition) is 1. The number of nitrogens with one attached hydrogen (secondary N) is 1. The highest BCUT2D eigenvalue weighted by atomic mass is 16.5. The van der Waals surface area contributed by atoms with Crippen LogP contribution in [0.5, 0.6) is 5.75 Å². The van der Waals surface area contributed by atoms with Crippen LogP contribution < -0.4 is 10.1 Å². The van der Waals surface area contributed by atoms with E-state index in [2.05, 4.69) is 37.4 Å². The summed E-state index contributed by atoms with van der Waals surface area (Å²) in [6.07, 6.45) is 1.14. The fourth-order valence-corrected chi connectivity index (χ4v) is 1.86. The molecule has 0 fully saturated rings. The van der Waals surface area contributed by atoms with Crippen molar-refractivity contribution >= 4 is 0 Å². The molecule has 2 nitrogen and oxygen atoms in total. The Kier molecular flexibility index (Phi) is 5.33. The lowest BCUT2D eigenvalue weighted by atomic mass is 9.94. The highest BCUT2D eigenvalue weighted by Gasteiger charge is 2.09. The zero-order chi connectivity index (χ0) is 12.0. The minimum absolute atomic E-state index is 0.547. The Hall–Kier alpha value is -1.02. The molecule has 0 heterocycles. The van der Waals surface area contributed by atoms with Gasteiger partial charge in [0.2, 0.25) is 0 Å². The first-order chi connectivity index (χ1) is 7.67. The van der Waals surface area contributed by atoms with Crippen molar-refractivity contribution < 1.29 is 4.74 Å². The van der Waals surface area contributed by atoms with Crippen LogP contribution >= 0.6 is 0 Å². The Labute approximate surface area is 99.0 Å². The van der Waals surface area contributed by atoms with Crippen molar-refractivity contribution in [1.29, 1.82) is 0 Å². The van der Waals surface area contributed by atoms with Crippen molar-refractivity contribution in [2.24, 2.45) is 0 Å². The molecule has 1 rings (SSSR count). The molecule has 0 bridgehead atoms. The Morgan fingerprint density at radius 3 is 2.69 bits per heavy atom. The van der Waals surface area contributed by atoms with Crippen molar-refractivity contribution in [1.82, 2.24) is 5.32 Å². The number of hydrogen-bond acceptors (Lipinski definition) is 2. The first-order valence-electron chi connectivity index (χ1n) is 6.07. The molecule has 1 aromatic rings. The van der Waals surface area contributed by atoms with Gasteiger partial charge in [-0.05, 0) is 50.9 Å². The lowest BCUT2D eigenvalue weighted by Gasteiger charge is -2.17. The first-order valence-corrected chi connectivity index (χ1v) is 6.07. The maximum absolute atomic E-state index is 5.51. The van der Waals surface area contributed by atoms with Crippen molar-refractivity contribution in [2.75, 3.05) is 13.7 Å². The summed E-state index contributed by atoms with van der Waals surface area (Å²) in [5.41, 5.74) is 1.35. The molecule has 0 spiro atoms. The van der Waals surface area contributed by atoms with Crippen LogP contribution in [0, 0.1) is 0 Å². The zero-order valence-electron chi connectivity index (χ0n) is 10.8. The Bertz CT molecular complexity index is 311. The van der Waals surface area contributed by atoms with E-state index in [4.69, 9.17) is 4.74 Å². The van der Waals surface area contributed by atoms with Crippen LogP contribution in [0.25, 0.3) is 0 Å². The maximum Gasteiger partial charge on any atom is 0.119 e. The first kappa shape index (κ1) is 13.0. The molecule has 0 aliphatic heterocycles. The van der Waals surface area contributed by atoms with Crippen LogP contribution in [-0.4, -0.2) is 19.7 Å². The van der Waals surface area contributed by atoms with Gasteiger partial charge in [0.25, 0.3) is 0 Å². The predicted molar refractivity (Wildman–Crippen MR) is 69.2 cm³/mol. The average Bonchev–Trinajstić information content (AvgIpc) is 2.29. The topological polar surface area (TPSA) is 21.3 Å². The smallest absolute Gasteiger partial charge is 0.119 e. The predicted octanol–water partition coefficient (Wildman–Crippen LogP) is 3.19. The minimum Gasteiger partial charge on any atom is -0.494 e. The molecule has 2 unspecified atom stereocenters. The van der Waals surface area contributed by atoms with Gasteiger partial charge in [-0.15, -0.1) is 0 Å². The Balaban J connectivity index is 2.67. The third-order valence-electron chi connectivity index (χ3n) is 2.94. The van der Waals surface area contributed by atoms with Crippen molar-refractivity contribution in [3.8, 4) is 5.75 Å². The molecular weight excluding hydrogens is 198 g/mol. The molecule has 90 valence electrons. The van der Waals surface area contributed by atoms with Gasteiger partial charge in [-0.2, -0.15) is 0 Å². The number of benzene rings is 1. The molecule has 0 saturated heterocycles. The van der Waals surface area contributed by atoms with E-state index < -0.39 is 0 Å². The van der Waals surface area contributed by atoms with Crippen molar-refractivity contribution in [3.05, 3.63) is 29.8 Å². The Morgan fingerprint density at radius 2 is 2.06 bits per heavy atom. The second kappa shape index (κ2) is 6.54. The van der Waals surface area contributed by atoms with Crippen LogP contribution in [0.1, 0.15) is 38.7 Å². The molecular formula is C14H23NO. The third kappa shape index (κ3) is 3.86. The van der Waals surface area contributed by atoms with E-state index in [1.807, 2.05) is 20.0 Å². The summed E-state index contributed by atoms with van der Waals surface area (Å²) >= 11 is 0. The quantitative estimate of drug-likeness (QED) is 0.796. The molecule has 16 heavy (non-hydrogen) atoms. The monoisotopic (exact) mass is 221 g/mol. The van der Waals surface area contributed by atoms with Crippen molar-refractivity contribution in [3.63, 3.8) is 0 Å². The molecule has 0 aliphatic carbocycles. The zero-order valence-corrected chi connectivity index (χ0v) is 10.8. The van der Waals surface area contributed by atoms with Gasteiger partial charge in [0.1, 0.15) is 5.75 Å². The second-order valence-electron chi connectivity index (χ2n) is 4.33. The second-order valence-corrected chi connectivity index (χ2v) is 4.33. The largest absolute Gasteiger partial charge is 0.494 e. The third-order valence-corrected chi connectivity index (χ3v) is 2.94. The summed E-state index contributed by atoms with van der Waals surface area (Å²) in [4.78, 5) is 0. The van der Waals surface area contributed by atoms with Gasteiger partial charge in [-0.1, -0.05) is 19.1 Å². The summed E-state index contributed by atoms with van der Waals surface area (Å²) in [5, 5.41) is 3.27. The van der Waals surface area contributed by atoms with Gasteiger partial charge in [-0.3, -0.25) is 0 Å². The summed E-state index contributed by atoms with van der Waals surface area (Å²) in [5.74, 6) is 1.53. The van der Waals surface area contributed by atoms with Gasteiger partial charge in [0, 0.05) is 6.04 Å². The average molecular weight is 221 g/mol.